The van der Waals surface area contributed by atoms with Crippen molar-refractivity contribution < 1.29 is 9.90 Å². The zero-order valence-corrected chi connectivity index (χ0v) is 10.7. The van der Waals surface area contributed by atoms with Gasteiger partial charge < -0.3 is 10.0 Å². The van der Waals surface area contributed by atoms with Crippen molar-refractivity contribution in [3.8, 4) is 0 Å². The average Bonchev–Trinajstić information content (AvgIpc) is 2.34. The van der Waals surface area contributed by atoms with Gasteiger partial charge in [0.2, 0.25) is 5.91 Å². The number of hydrogen-bond donors (Lipinski definition) is 1. The molecule has 2 unspecified atom stereocenters. The Labute approximate surface area is 103 Å². The van der Waals surface area contributed by atoms with Gasteiger partial charge in [0, 0.05) is 19.5 Å². The summed E-state index contributed by atoms with van der Waals surface area (Å²) in [5.74, 6) is 0.525. The summed E-state index contributed by atoms with van der Waals surface area (Å²) in [4.78, 5) is 13.9. The van der Waals surface area contributed by atoms with Crippen molar-refractivity contribution in [2.45, 2.75) is 51.6 Å². The quantitative estimate of drug-likeness (QED) is 0.747. The van der Waals surface area contributed by atoms with Crippen LogP contribution in [-0.4, -0.2) is 35.1 Å². The van der Waals surface area contributed by atoms with Crippen LogP contribution in [0.4, 0.5) is 0 Å². The van der Waals surface area contributed by atoms with Gasteiger partial charge in [0.05, 0.1) is 6.10 Å². The fourth-order valence-corrected chi connectivity index (χ4v) is 2.65. The van der Waals surface area contributed by atoms with Gasteiger partial charge in [0.15, 0.2) is 0 Å². The number of amides is 1. The highest BCUT2D eigenvalue weighted by atomic mass is 16.3. The summed E-state index contributed by atoms with van der Waals surface area (Å²) < 4.78 is 0. The number of piperidine rings is 1. The third-order valence-electron chi connectivity index (χ3n) is 4.03. The average molecular weight is 237 g/mol. The van der Waals surface area contributed by atoms with E-state index in [1.54, 1.807) is 0 Å². The lowest BCUT2D eigenvalue weighted by Gasteiger charge is -2.34. The summed E-state index contributed by atoms with van der Waals surface area (Å²) >= 11 is 0. The lowest BCUT2D eigenvalue weighted by molar-refractivity contribution is -0.134. The summed E-state index contributed by atoms with van der Waals surface area (Å²) in [6, 6.07) is 0. The zero-order chi connectivity index (χ0) is 12.3. The molecule has 96 valence electrons. The normalized spacial score (nSPS) is 30.0. The number of nitrogens with zero attached hydrogens (tertiary/aromatic N) is 1. The maximum absolute atomic E-state index is 12.1. The maximum Gasteiger partial charge on any atom is 0.226 e. The molecule has 1 aliphatic carbocycles. The summed E-state index contributed by atoms with van der Waals surface area (Å²) in [5, 5.41) is 9.79. The van der Waals surface area contributed by atoms with Gasteiger partial charge in [-0.15, -0.1) is 0 Å². The molecule has 2 rings (SSSR count). The Balaban J connectivity index is 1.85. The first-order chi connectivity index (χ1) is 8.16. The van der Waals surface area contributed by atoms with Crippen molar-refractivity contribution in [2.75, 3.05) is 13.1 Å². The van der Waals surface area contributed by atoms with E-state index in [0.717, 1.165) is 25.8 Å². The first-order valence-electron chi connectivity index (χ1n) is 6.80. The van der Waals surface area contributed by atoms with E-state index in [-0.39, 0.29) is 12.0 Å². The Morgan fingerprint density at radius 2 is 2.35 bits per heavy atom. The van der Waals surface area contributed by atoms with Gasteiger partial charge in [-0.1, -0.05) is 18.6 Å². The molecule has 0 bridgehead atoms. The minimum atomic E-state index is -0.340. The number of rotatable bonds is 2. The Hall–Kier alpha value is -0.830. The number of aliphatic hydroxyl groups is 1. The van der Waals surface area contributed by atoms with Crippen LogP contribution in [0.1, 0.15) is 45.4 Å². The lowest BCUT2D eigenvalue weighted by Crippen LogP contribution is -2.45. The van der Waals surface area contributed by atoms with E-state index in [1.807, 2.05) is 4.90 Å². The predicted molar refractivity (Wildman–Crippen MR) is 67.5 cm³/mol. The van der Waals surface area contributed by atoms with Crippen LogP contribution < -0.4 is 0 Å². The number of likely N-dealkylation sites (tertiary alicyclic amines) is 1. The van der Waals surface area contributed by atoms with E-state index in [1.165, 1.54) is 18.4 Å². The first kappa shape index (κ1) is 12.6. The van der Waals surface area contributed by atoms with Crippen molar-refractivity contribution in [3.63, 3.8) is 0 Å². The number of allylic oxidation sites excluding steroid dienone is 1. The van der Waals surface area contributed by atoms with E-state index >= 15 is 0 Å². The number of aliphatic hydroxyl groups excluding tert-OH is 1. The minimum absolute atomic E-state index is 0.198. The summed E-state index contributed by atoms with van der Waals surface area (Å²) in [6.07, 6.45) is 8.07. The van der Waals surface area contributed by atoms with E-state index in [0.29, 0.717) is 18.9 Å². The number of hydrogen-bond acceptors (Lipinski definition) is 2. The van der Waals surface area contributed by atoms with Crippen molar-refractivity contribution in [2.24, 2.45) is 5.92 Å². The smallest absolute Gasteiger partial charge is 0.226 e. The molecule has 1 aliphatic heterocycles. The number of β-amino-alcohol motifs (C(OH)–C–C–N with tert-alkyl or cyclic N) is 1. The molecule has 1 fully saturated rings. The molecule has 2 atom stereocenters. The highest BCUT2D eigenvalue weighted by Crippen LogP contribution is 2.23. The lowest BCUT2D eigenvalue weighted by atomic mass is 9.94. The Kier molecular flexibility index (Phi) is 4.21. The molecule has 0 radical (unpaired) electrons. The maximum atomic E-state index is 12.1. The molecule has 0 spiro atoms. The molecule has 1 amide bonds. The fraction of sp³-hybridized carbons (Fsp3) is 0.786. The van der Waals surface area contributed by atoms with E-state index in [4.69, 9.17) is 0 Å². The topological polar surface area (TPSA) is 40.5 Å². The summed E-state index contributed by atoms with van der Waals surface area (Å²) in [7, 11) is 0. The summed E-state index contributed by atoms with van der Waals surface area (Å²) in [6.45, 7) is 3.38. The van der Waals surface area contributed by atoms with Crippen molar-refractivity contribution in [3.05, 3.63) is 11.6 Å². The molecule has 3 nitrogen and oxygen atoms in total. The Morgan fingerprint density at radius 3 is 3.00 bits per heavy atom. The number of carbonyl (C=O) groups excluding carboxylic acids is 1. The fourth-order valence-electron chi connectivity index (χ4n) is 2.65. The largest absolute Gasteiger partial charge is 0.391 e. The molecule has 0 aromatic heterocycles. The number of carbonyl (C=O) groups is 1. The van der Waals surface area contributed by atoms with Crippen LogP contribution in [0.25, 0.3) is 0 Å². The van der Waals surface area contributed by atoms with Crippen molar-refractivity contribution in [1.29, 1.82) is 0 Å². The second kappa shape index (κ2) is 5.67. The molecule has 1 N–H and O–H groups in total. The Bertz CT molecular complexity index is 311. The van der Waals surface area contributed by atoms with Crippen LogP contribution in [-0.2, 0) is 4.79 Å². The highest BCUT2D eigenvalue weighted by molar-refractivity contribution is 5.78. The van der Waals surface area contributed by atoms with Gasteiger partial charge >= 0.3 is 0 Å². The van der Waals surface area contributed by atoms with Crippen LogP contribution in [0.2, 0.25) is 0 Å². The van der Waals surface area contributed by atoms with Crippen LogP contribution in [0, 0.1) is 5.92 Å². The molecule has 0 aromatic carbocycles. The van der Waals surface area contributed by atoms with E-state index in [9.17, 15) is 9.90 Å². The van der Waals surface area contributed by atoms with Crippen LogP contribution in [0.15, 0.2) is 11.6 Å². The third-order valence-corrected chi connectivity index (χ3v) is 4.03. The molecular formula is C14H23NO2. The van der Waals surface area contributed by atoms with E-state index in [2.05, 4.69) is 13.0 Å². The summed E-state index contributed by atoms with van der Waals surface area (Å²) in [5.41, 5.74) is 1.30. The molecule has 1 heterocycles. The third kappa shape index (κ3) is 3.32. The Morgan fingerprint density at radius 1 is 1.53 bits per heavy atom. The van der Waals surface area contributed by atoms with Gasteiger partial charge in [0.25, 0.3) is 0 Å². The highest BCUT2D eigenvalue weighted by Gasteiger charge is 2.27. The van der Waals surface area contributed by atoms with Gasteiger partial charge in [-0.2, -0.15) is 0 Å². The zero-order valence-electron chi connectivity index (χ0n) is 10.7. The first-order valence-corrected chi connectivity index (χ1v) is 6.80. The van der Waals surface area contributed by atoms with Gasteiger partial charge in [-0.05, 0) is 38.0 Å². The van der Waals surface area contributed by atoms with Crippen LogP contribution in [0.3, 0.4) is 0 Å². The monoisotopic (exact) mass is 237 g/mol. The second-order valence-corrected chi connectivity index (χ2v) is 5.46. The van der Waals surface area contributed by atoms with Crippen molar-refractivity contribution in [1.82, 2.24) is 4.90 Å². The predicted octanol–water partition coefficient (Wildman–Crippen LogP) is 2.11. The van der Waals surface area contributed by atoms with Gasteiger partial charge in [-0.3, -0.25) is 4.79 Å². The molecule has 2 aliphatic rings. The molecule has 17 heavy (non-hydrogen) atoms. The molecule has 3 heteroatoms. The van der Waals surface area contributed by atoms with Gasteiger partial charge in [-0.25, -0.2) is 0 Å². The molecule has 0 saturated carbocycles. The second-order valence-electron chi connectivity index (χ2n) is 5.46. The van der Waals surface area contributed by atoms with E-state index < -0.39 is 0 Å². The molecule has 0 aromatic rings. The van der Waals surface area contributed by atoms with Crippen LogP contribution in [0.5, 0.6) is 0 Å². The SMILES string of the molecule is CC1CCN(C(=O)CC2=CCCCC2)CC1O. The van der Waals surface area contributed by atoms with Crippen molar-refractivity contribution >= 4 is 5.91 Å². The minimum Gasteiger partial charge on any atom is -0.391 e. The van der Waals surface area contributed by atoms with Crippen LogP contribution >= 0.6 is 0 Å². The molecule has 1 saturated heterocycles. The standard InChI is InChI=1S/C14H23NO2/c1-11-7-8-15(10-13(11)16)14(17)9-12-5-3-2-4-6-12/h5,11,13,16H,2-4,6-10H2,1H3. The molecular weight excluding hydrogens is 214 g/mol. The van der Waals surface area contributed by atoms with Gasteiger partial charge in [0.1, 0.15) is 0 Å².